The van der Waals surface area contributed by atoms with E-state index in [1.807, 2.05) is 4.72 Å². The van der Waals surface area contributed by atoms with Gasteiger partial charge in [0, 0.05) is 19.2 Å². The van der Waals surface area contributed by atoms with Crippen molar-refractivity contribution in [3.05, 3.63) is 58.1 Å². The smallest absolute Gasteiger partial charge is 0.301 e. The van der Waals surface area contributed by atoms with Crippen molar-refractivity contribution in [1.29, 1.82) is 5.26 Å². The first kappa shape index (κ1) is 25.3. The lowest BCUT2D eigenvalue weighted by Gasteiger charge is -2.19. The molecule has 2 heterocycles. The maximum atomic E-state index is 14.7. The molecule has 0 spiro atoms. The summed E-state index contributed by atoms with van der Waals surface area (Å²) in [4.78, 5) is 16.4. The Bertz CT molecular complexity index is 1540. The number of fused-ring (bicyclic) bond motifs is 1. The number of hydrogen-bond donors (Lipinski definition) is 1. The van der Waals surface area contributed by atoms with Gasteiger partial charge in [-0.05, 0) is 24.6 Å². The summed E-state index contributed by atoms with van der Waals surface area (Å²) in [6.45, 7) is -1.52. The molecule has 2 aromatic carbocycles. The number of halogens is 5. The van der Waals surface area contributed by atoms with Crippen LogP contribution in [0.4, 0.5) is 27.6 Å². The Balaban J connectivity index is 1.74. The van der Waals surface area contributed by atoms with E-state index in [4.69, 9.17) is 4.74 Å². The van der Waals surface area contributed by atoms with Crippen molar-refractivity contribution in [2.24, 2.45) is 0 Å². The van der Waals surface area contributed by atoms with E-state index >= 15 is 0 Å². The maximum absolute atomic E-state index is 14.7. The van der Waals surface area contributed by atoms with Gasteiger partial charge in [-0.1, -0.05) is 0 Å². The van der Waals surface area contributed by atoms with Crippen molar-refractivity contribution in [1.82, 2.24) is 13.9 Å². The third-order valence-corrected chi connectivity index (χ3v) is 6.80. The van der Waals surface area contributed by atoms with E-state index in [0.29, 0.717) is 10.6 Å². The van der Waals surface area contributed by atoms with Gasteiger partial charge in [-0.15, -0.1) is 0 Å². The number of nitrogens with one attached hydrogen (secondary N) is 1. The lowest BCUT2D eigenvalue weighted by atomic mass is 10.1. The van der Waals surface area contributed by atoms with Crippen LogP contribution >= 0.6 is 0 Å². The van der Waals surface area contributed by atoms with E-state index in [9.17, 15) is 40.4 Å². The van der Waals surface area contributed by atoms with Crippen LogP contribution in [0.15, 0.2) is 35.4 Å². The molecule has 1 atom stereocenters. The summed E-state index contributed by atoms with van der Waals surface area (Å²) >= 11 is 0. The Labute approximate surface area is 200 Å². The van der Waals surface area contributed by atoms with E-state index < -0.39 is 70.1 Å². The molecule has 36 heavy (non-hydrogen) atoms. The fourth-order valence-corrected chi connectivity index (χ4v) is 4.87. The van der Waals surface area contributed by atoms with E-state index in [-0.39, 0.29) is 29.6 Å². The van der Waals surface area contributed by atoms with E-state index in [1.165, 1.54) is 12.1 Å². The minimum atomic E-state index is -4.41. The van der Waals surface area contributed by atoms with Gasteiger partial charge in [0.25, 0.3) is 12.0 Å². The summed E-state index contributed by atoms with van der Waals surface area (Å²) in [7, 11) is -4.41. The second-order valence-corrected chi connectivity index (χ2v) is 9.43. The predicted molar refractivity (Wildman–Crippen MR) is 117 cm³/mol. The third-order valence-electron chi connectivity index (χ3n) is 5.31. The number of anilines is 1. The van der Waals surface area contributed by atoms with Crippen molar-refractivity contribution in [2.75, 3.05) is 17.8 Å². The highest BCUT2D eigenvalue weighted by molar-refractivity contribution is 7.90. The van der Waals surface area contributed by atoms with Crippen LogP contribution in [-0.2, 0) is 16.8 Å². The molecule has 0 saturated carbocycles. The number of alkyl halides is 3. The molecule has 9 nitrogen and oxygen atoms in total. The van der Waals surface area contributed by atoms with Gasteiger partial charge in [-0.25, -0.2) is 22.5 Å². The van der Waals surface area contributed by atoms with E-state index in [0.717, 1.165) is 16.7 Å². The molecule has 0 amide bonds. The zero-order chi connectivity index (χ0) is 26.2. The molecule has 1 fully saturated rings. The zero-order valence-corrected chi connectivity index (χ0v) is 18.9. The van der Waals surface area contributed by atoms with Gasteiger partial charge in [-0.3, -0.25) is 14.1 Å². The summed E-state index contributed by atoms with van der Waals surface area (Å²) in [5, 5.41) is 9.39. The summed E-state index contributed by atoms with van der Waals surface area (Å²) in [5.74, 6) is -4.46. The highest BCUT2D eigenvalue weighted by Crippen LogP contribution is 2.36. The average molecular weight is 529 g/mol. The molecule has 1 aliphatic rings. The number of rotatable bonds is 7. The molecule has 1 saturated heterocycles. The minimum absolute atomic E-state index is 0.0476. The van der Waals surface area contributed by atoms with Crippen molar-refractivity contribution < 1.29 is 35.1 Å². The zero-order valence-electron chi connectivity index (χ0n) is 18.1. The number of benzene rings is 2. The first-order chi connectivity index (χ1) is 17.0. The molecule has 0 radical (unpaired) electrons. The molecule has 1 aromatic heterocycles. The predicted octanol–water partition coefficient (Wildman–Crippen LogP) is 3.30. The van der Waals surface area contributed by atoms with Crippen LogP contribution in [0.2, 0.25) is 0 Å². The fraction of sp³-hybridized carbons (Fsp3) is 0.286. The Morgan fingerprint density at radius 2 is 2.03 bits per heavy atom. The molecule has 1 unspecified atom stereocenters. The molecule has 0 aliphatic carbocycles. The second-order valence-electron chi connectivity index (χ2n) is 7.76. The molecule has 15 heteroatoms. The Kier molecular flexibility index (Phi) is 6.83. The number of nitrogens with zero attached hydrogens (tertiary/aromatic N) is 4. The summed E-state index contributed by atoms with van der Waals surface area (Å²) in [6.07, 6.45) is -3.34. The molecular formula is C21H16F5N5O4S. The molecule has 4 rings (SSSR count). The van der Waals surface area contributed by atoms with Crippen LogP contribution in [0.1, 0.15) is 12.0 Å². The standard InChI is InChI=1S/C21H16F5N5O4S/c22-11-3-4-31(8-11)36(33,34)29-17-6-15(23)19(26)20(14(17)7-27)35-12-1-2-16-13(5-12)21(32)30(10-28-16)9-18(24)25/h1-2,5-6,10-11,18,29H,3-4,8-9H2. The van der Waals surface area contributed by atoms with Crippen molar-refractivity contribution in [3.63, 3.8) is 0 Å². The van der Waals surface area contributed by atoms with Crippen molar-refractivity contribution in [2.45, 2.75) is 25.6 Å². The average Bonchev–Trinajstić information content (AvgIpc) is 3.26. The summed E-state index contributed by atoms with van der Waals surface area (Å²) in [6, 6.07) is 5.47. The van der Waals surface area contributed by atoms with Crippen LogP contribution in [-0.4, -0.2) is 48.0 Å². The number of nitriles is 1. The van der Waals surface area contributed by atoms with Gasteiger partial charge in [0.2, 0.25) is 5.82 Å². The highest BCUT2D eigenvalue weighted by Gasteiger charge is 2.33. The van der Waals surface area contributed by atoms with Gasteiger partial charge >= 0.3 is 10.2 Å². The van der Waals surface area contributed by atoms with Gasteiger partial charge in [0.05, 0.1) is 29.5 Å². The monoisotopic (exact) mass is 529 g/mol. The topological polar surface area (TPSA) is 117 Å². The third kappa shape index (κ3) is 4.95. The largest absolute Gasteiger partial charge is 0.453 e. The normalized spacial score (nSPS) is 16.4. The Morgan fingerprint density at radius 1 is 1.28 bits per heavy atom. The van der Waals surface area contributed by atoms with Crippen molar-refractivity contribution in [3.8, 4) is 17.6 Å². The first-order valence-corrected chi connectivity index (χ1v) is 11.7. The van der Waals surface area contributed by atoms with Gasteiger partial charge in [0.15, 0.2) is 11.6 Å². The van der Waals surface area contributed by atoms with Gasteiger partial charge in [0.1, 0.15) is 23.6 Å². The Morgan fingerprint density at radius 3 is 2.67 bits per heavy atom. The van der Waals surface area contributed by atoms with Crippen LogP contribution < -0.4 is 15.0 Å². The number of ether oxygens (including phenoxy) is 1. The number of hydrogen-bond acceptors (Lipinski definition) is 6. The number of aromatic nitrogens is 2. The lowest BCUT2D eigenvalue weighted by molar-refractivity contribution is 0.125. The minimum Gasteiger partial charge on any atom is -0.453 e. The van der Waals surface area contributed by atoms with Crippen LogP contribution in [0, 0.1) is 23.0 Å². The molecular weight excluding hydrogens is 513 g/mol. The quantitative estimate of drug-likeness (QED) is 0.470. The summed E-state index contributed by atoms with van der Waals surface area (Å²) in [5.41, 5.74) is -2.13. The van der Waals surface area contributed by atoms with Crippen LogP contribution in [0.25, 0.3) is 10.9 Å². The van der Waals surface area contributed by atoms with Crippen LogP contribution in [0.3, 0.4) is 0 Å². The summed E-state index contributed by atoms with van der Waals surface area (Å²) < 4.78 is 102. The molecule has 1 N–H and O–H groups in total. The van der Waals surface area contributed by atoms with Crippen LogP contribution in [0.5, 0.6) is 11.5 Å². The molecule has 3 aromatic rings. The van der Waals surface area contributed by atoms with Gasteiger partial charge in [-0.2, -0.15) is 22.4 Å². The molecule has 1 aliphatic heterocycles. The highest BCUT2D eigenvalue weighted by atomic mass is 32.2. The lowest BCUT2D eigenvalue weighted by Crippen LogP contribution is -2.34. The van der Waals surface area contributed by atoms with E-state index in [2.05, 4.69) is 4.98 Å². The SMILES string of the molecule is N#Cc1c(NS(=O)(=O)N2CCC(F)C2)cc(F)c(F)c1Oc1ccc2ncn(CC(F)F)c(=O)c2c1. The van der Waals surface area contributed by atoms with Crippen molar-refractivity contribution >= 4 is 26.8 Å². The second kappa shape index (κ2) is 9.70. The fourth-order valence-electron chi connectivity index (χ4n) is 3.60. The maximum Gasteiger partial charge on any atom is 0.301 e. The molecule has 190 valence electrons. The van der Waals surface area contributed by atoms with Gasteiger partial charge < -0.3 is 4.74 Å². The Hall–Kier alpha value is -3.77. The molecule has 0 bridgehead atoms. The first-order valence-electron chi connectivity index (χ1n) is 10.3. The van der Waals surface area contributed by atoms with E-state index in [1.54, 1.807) is 6.07 Å².